The molecule has 0 spiro atoms. The molecule has 1 aromatic heterocycles. The molecule has 0 saturated heterocycles. The van der Waals surface area contributed by atoms with Gasteiger partial charge in [-0.3, -0.25) is 4.79 Å². The van der Waals surface area contributed by atoms with Gasteiger partial charge in [0, 0.05) is 17.5 Å². The van der Waals surface area contributed by atoms with Crippen molar-refractivity contribution in [2.24, 2.45) is 23.5 Å². The fraction of sp³-hybridized carbons (Fsp3) is 0.583. The first-order valence-corrected chi connectivity index (χ1v) is 11.3. The van der Waals surface area contributed by atoms with Crippen LogP contribution in [0.5, 0.6) is 0 Å². The number of anilines is 1. The molecule has 2 fully saturated rings. The number of aromatic nitrogens is 2. The number of nitrogens with one attached hydrogen (secondary N) is 1. The summed E-state index contributed by atoms with van der Waals surface area (Å²) in [6, 6.07) is 9.14. The Labute approximate surface area is 185 Å². The van der Waals surface area contributed by atoms with Crippen LogP contribution in [0, 0.1) is 24.7 Å². The zero-order chi connectivity index (χ0) is 20.0. The van der Waals surface area contributed by atoms with E-state index in [0.717, 1.165) is 43.5 Å². The smallest absolute Gasteiger partial charge is 0.228 e. The maximum Gasteiger partial charge on any atom is 0.228 e. The van der Waals surface area contributed by atoms with Crippen molar-refractivity contribution in [3.05, 3.63) is 47.2 Å². The van der Waals surface area contributed by atoms with E-state index < -0.39 is 0 Å². The van der Waals surface area contributed by atoms with Crippen molar-refractivity contribution < 1.29 is 4.79 Å². The maximum atomic E-state index is 13.2. The zero-order valence-corrected chi connectivity index (χ0v) is 18.5. The van der Waals surface area contributed by atoms with Crippen molar-refractivity contribution in [2.45, 2.75) is 70.4 Å². The average Bonchev–Trinajstić information content (AvgIpc) is 3.07. The van der Waals surface area contributed by atoms with Gasteiger partial charge in [0.1, 0.15) is 5.82 Å². The standard InChI is InChI=1S/C24H32N4O.ClH/c1-15-14-26-28(21-11-5-7-16-6-2-3-10-20(16)21)23(15)27-24(29)19-12-17-8-4-9-18(13-19)22(17)25;/h2-3,6,10,14,17-19,21-22H,4-5,7-9,11-13,25H2,1H3,(H,27,29);1H. The second-order valence-electron chi connectivity index (χ2n) is 9.41. The van der Waals surface area contributed by atoms with E-state index in [1.807, 2.05) is 13.1 Å². The number of benzene rings is 1. The van der Waals surface area contributed by atoms with Gasteiger partial charge in [0.25, 0.3) is 0 Å². The lowest BCUT2D eigenvalue weighted by atomic mass is 9.65. The van der Waals surface area contributed by atoms with Crippen LogP contribution in [0.25, 0.3) is 0 Å². The molecule has 30 heavy (non-hydrogen) atoms. The summed E-state index contributed by atoms with van der Waals surface area (Å²) in [7, 11) is 0. The molecule has 3 atom stereocenters. The largest absolute Gasteiger partial charge is 0.327 e. The van der Waals surface area contributed by atoms with Gasteiger partial charge >= 0.3 is 0 Å². The summed E-state index contributed by atoms with van der Waals surface area (Å²) >= 11 is 0. The zero-order valence-electron chi connectivity index (χ0n) is 17.7. The lowest BCUT2D eigenvalue weighted by molar-refractivity contribution is -0.122. The monoisotopic (exact) mass is 428 g/mol. The lowest BCUT2D eigenvalue weighted by Gasteiger charge is -2.43. The minimum atomic E-state index is 0. The van der Waals surface area contributed by atoms with Crippen molar-refractivity contribution in [2.75, 3.05) is 5.32 Å². The molecule has 1 heterocycles. The van der Waals surface area contributed by atoms with Crippen LogP contribution in [-0.4, -0.2) is 21.7 Å². The predicted molar refractivity (Wildman–Crippen MR) is 122 cm³/mol. The van der Waals surface area contributed by atoms with E-state index in [0.29, 0.717) is 17.9 Å². The molecule has 5 rings (SSSR count). The highest BCUT2D eigenvalue weighted by Crippen LogP contribution is 2.42. The van der Waals surface area contributed by atoms with Crippen molar-refractivity contribution in [1.29, 1.82) is 0 Å². The maximum absolute atomic E-state index is 13.2. The van der Waals surface area contributed by atoms with Gasteiger partial charge in [-0.15, -0.1) is 12.4 Å². The van der Waals surface area contributed by atoms with Crippen molar-refractivity contribution >= 4 is 24.1 Å². The van der Waals surface area contributed by atoms with Crippen molar-refractivity contribution in [1.82, 2.24) is 9.78 Å². The van der Waals surface area contributed by atoms with E-state index in [1.165, 1.54) is 30.4 Å². The van der Waals surface area contributed by atoms with E-state index in [4.69, 9.17) is 5.73 Å². The number of aryl methyl sites for hydroxylation is 2. The second kappa shape index (κ2) is 8.72. The third-order valence-electron chi connectivity index (χ3n) is 7.64. The third kappa shape index (κ3) is 3.78. The molecule has 1 aromatic carbocycles. The van der Waals surface area contributed by atoms with Gasteiger partial charge in [-0.1, -0.05) is 30.7 Å². The Hall–Kier alpha value is -1.85. The summed E-state index contributed by atoms with van der Waals surface area (Å²) in [6.45, 7) is 2.04. The first-order chi connectivity index (χ1) is 14.1. The SMILES string of the molecule is Cc1cnn(C2CCCc3ccccc32)c1NC(=O)C1CC2CCCC(C1)C2N.Cl. The van der Waals surface area contributed by atoms with Gasteiger partial charge in [-0.05, 0) is 74.8 Å². The fourth-order valence-electron chi connectivity index (χ4n) is 6.04. The van der Waals surface area contributed by atoms with Crippen molar-refractivity contribution in [3.8, 4) is 0 Å². The fourth-order valence-corrected chi connectivity index (χ4v) is 6.04. The molecule has 1 amide bonds. The second-order valence-corrected chi connectivity index (χ2v) is 9.41. The number of hydrogen-bond acceptors (Lipinski definition) is 3. The lowest BCUT2D eigenvalue weighted by Crippen LogP contribution is -2.48. The Morgan fingerprint density at radius 2 is 1.87 bits per heavy atom. The summed E-state index contributed by atoms with van der Waals surface area (Å²) in [5.41, 5.74) is 10.2. The van der Waals surface area contributed by atoms with Gasteiger partial charge in [0.2, 0.25) is 5.91 Å². The number of hydrogen-bond donors (Lipinski definition) is 2. The molecule has 162 valence electrons. The van der Waals surface area contributed by atoms with E-state index in [9.17, 15) is 4.79 Å². The summed E-state index contributed by atoms with van der Waals surface area (Å²) in [4.78, 5) is 13.2. The number of amides is 1. The van der Waals surface area contributed by atoms with Gasteiger partial charge < -0.3 is 11.1 Å². The van der Waals surface area contributed by atoms with Crippen molar-refractivity contribution in [3.63, 3.8) is 0 Å². The summed E-state index contributed by atoms with van der Waals surface area (Å²) in [5, 5.41) is 7.97. The minimum absolute atomic E-state index is 0. The average molecular weight is 429 g/mol. The summed E-state index contributed by atoms with van der Waals surface area (Å²) < 4.78 is 2.06. The molecule has 3 aliphatic rings. The predicted octanol–water partition coefficient (Wildman–Crippen LogP) is 4.63. The number of nitrogens with zero attached hydrogens (tertiary/aromatic N) is 2. The van der Waals surface area contributed by atoms with E-state index in [-0.39, 0.29) is 30.3 Å². The Bertz CT molecular complexity index is 896. The number of halogens is 1. The Balaban J connectivity index is 0.00000218. The molecule has 5 nitrogen and oxygen atoms in total. The summed E-state index contributed by atoms with van der Waals surface area (Å²) in [5.74, 6) is 2.12. The van der Waals surface area contributed by atoms with E-state index in [2.05, 4.69) is 39.4 Å². The van der Waals surface area contributed by atoms with Gasteiger partial charge in [0.05, 0.1) is 12.2 Å². The topological polar surface area (TPSA) is 72.9 Å². The Morgan fingerprint density at radius 3 is 2.63 bits per heavy atom. The van der Waals surface area contributed by atoms with Crippen LogP contribution in [0.4, 0.5) is 5.82 Å². The molecule has 6 heteroatoms. The molecule has 2 bridgehead atoms. The number of carbonyl (C=O) groups excluding carboxylic acids is 1. The number of carbonyl (C=O) groups is 1. The number of fused-ring (bicyclic) bond motifs is 3. The summed E-state index contributed by atoms with van der Waals surface area (Å²) in [6.07, 6.45) is 10.7. The molecule has 2 aromatic rings. The number of nitrogens with two attached hydrogens (primary N) is 1. The third-order valence-corrected chi connectivity index (χ3v) is 7.64. The highest BCUT2D eigenvalue weighted by atomic mass is 35.5. The first-order valence-electron chi connectivity index (χ1n) is 11.3. The Morgan fingerprint density at radius 1 is 1.13 bits per heavy atom. The molecule has 3 aliphatic carbocycles. The molecule has 2 saturated carbocycles. The molecule has 0 radical (unpaired) electrons. The highest BCUT2D eigenvalue weighted by Gasteiger charge is 2.40. The van der Waals surface area contributed by atoms with Crippen LogP contribution in [0.1, 0.15) is 67.7 Å². The van der Waals surface area contributed by atoms with Crippen LogP contribution in [0.2, 0.25) is 0 Å². The number of rotatable bonds is 3. The quantitative estimate of drug-likeness (QED) is 0.748. The molecule has 3 N–H and O–H groups in total. The van der Waals surface area contributed by atoms with Crippen LogP contribution < -0.4 is 11.1 Å². The van der Waals surface area contributed by atoms with Crippen LogP contribution in [0.15, 0.2) is 30.5 Å². The van der Waals surface area contributed by atoms with Gasteiger partial charge in [-0.2, -0.15) is 5.10 Å². The normalized spacial score (nSPS) is 30.1. The highest BCUT2D eigenvalue weighted by molar-refractivity contribution is 5.92. The first kappa shape index (κ1) is 21.4. The van der Waals surface area contributed by atoms with Crippen LogP contribution >= 0.6 is 12.4 Å². The molecule has 0 aliphatic heterocycles. The van der Waals surface area contributed by atoms with Gasteiger partial charge in [-0.25, -0.2) is 4.68 Å². The van der Waals surface area contributed by atoms with Gasteiger partial charge in [0.15, 0.2) is 0 Å². The molecular weight excluding hydrogens is 396 g/mol. The minimum Gasteiger partial charge on any atom is -0.327 e. The van der Waals surface area contributed by atoms with E-state index >= 15 is 0 Å². The van der Waals surface area contributed by atoms with E-state index in [1.54, 1.807) is 0 Å². The van der Waals surface area contributed by atoms with Crippen LogP contribution in [-0.2, 0) is 11.2 Å². The van der Waals surface area contributed by atoms with Crippen LogP contribution in [0.3, 0.4) is 0 Å². The molecular formula is C24H33ClN4O. The Kier molecular flexibility index (Phi) is 6.21. The molecule has 3 unspecified atom stereocenters.